The molecule has 0 spiro atoms. The van der Waals surface area contributed by atoms with Crippen LogP contribution in [-0.2, 0) is 7.05 Å². The summed E-state index contributed by atoms with van der Waals surface area (Å²) in [6, 6.07) is 8.84. The molecule has 3 N–H and O–H groups in total. The van der Waals surface area contributed by atoms with Gasteiger partial charge in [-0.25, -0.2) is 9.82 Å². The number of rotatable bonds is 3. The lowest BCUT2D eigenvalue weighted by molar-refractivity contribution is 0.545. The van der Waals surface area contributed by atoms with Gasteiger partial charge in [0.2, 0.25) is 0 Å². The lowest BCUT2D eigenvalue weighted by Gasteiger charge is -2.15. The van der Waals surface area contributed by atoms with Crippen molar-refractivity contribution in [2.75, 3.05) is 0 Å². The molecular formula is C14H14FN5. The molecule has 0 bridgehead atoms. The van der Waals surface area contributed by atoms with Crippen LogP contribution < -0.4 is 11.3 Å². The van der Waals surface area contributed by atoms with Crippen molar-refractivity contribution in [3.63, 3.8) is 0 Å². The van der Waals surface area contributed by atoms with E-state index in [1.807, 2.05) is 31.3 Å². The predicted octanol–water partition coefficient (Wildman–Crippen LogP) is 1.66. The maximum absolute atomic E-state index is 13.9. The van der Waals surface area contributed by atoms with Gasteiger partial charge in [0.05, 0.1) is 23.4 Å². The van der Waals surface area contributed by atoms with Gasteiger partial charge < -0.3 is 0 Å². The number of aromatic nitrogens is 3. The molecule has 0 amide bonds. The number of nitrogens with two attached hydrogens (primary N) is 1. The number of benzene rings is 1. The Balaban J connectivity index is 2.20. The number of hydrogen-bond donors (Lipinski definition) is 2. The minimum absolute atomic E-state index is 0.412. The number of hydrogen-bond acceptors (Lipinski definition) is 4. The van der Waals surface area contributed by atoms with Gasteiger partial charge in [0, 0.05) is 24.2 Å². The minimum atomic E-state index is -0.524. The van der Waals surface area contributed by atoms with Crippen LogP contribution in [-0.4, -0.2) is 14.8 Å². The molecule has 0 aliphatic carbocycles. The molecule has 1 atom stereocenters. The van der Waals surface area contributed by atoms with Gasteiger partial charge in [0.15, 0.2) is 0 Å². The second kappa shape index (κ2) is 4.99. The first kappa shape index (κ1) is 12.7. The molecule has 5 nitrogen and oxygen atoms in total. The van der Waals surface area contributed by atoms with E-state index in [1.54, 1.807) is 10.7 Å². The smallest absolute Gasteiger partial charge is 0.146 e. The first-order valence-electron chi connectivity index (χ1n) is 6.19. The molecule has 2 heterocycles. The number of para-hydroxylation sites is 1. The maximum atomic E-state index is 13.9. The van der Waals surface area contributed by atoms with Gasteiger partial charge in [-0.3, -0.25) is 15.5 Å². The van der Waals surface area contributed by atoms with Crippen molar-refractivity contribution in [2.45, 2.75) is 6.04 Å². The Hall–Kier alpha value is -2.31. The summed E-state index contributed by atoms with van der Waals surface area (Å²) in [5.41, 5.74) is 4.72. The van der Waals surface area contributed by atoms with Gasteiger partial charge in [-0.15, -0.1) is 0 Å². The van der Waals surface area contributed by atoms with E-state index in [1.165, 1.54) is 12.4 Å². The number of halogens is 1. The molecule has 0 aliphatic heterocycles. The van der Waals surface area contributed by atoms with E-state index < -0.39 is 11.9 Å². The van der Waals surface area contributed by atoms with Gasteiger partial charge in [0.25, 0.3) is 0 Å². The zero-order valence-corrected chi connectivity index (χ0v) is 10.9. The highest BCUT2D eigenvalue weighted by Gasteiger charge is 2.22. The zero-order chi connectivity index (χ0) is 14.1. The Bertz CT molecular complexity index is 752. The second-order valence-electron chi connectivity index (χ2n) is 4.52. The number of hydrazine groups is 1. The Kier molecular flexibility index (Phi) is 3.17. The van der Waals surface area contributed by atoms with Crippen molar-refractivity contribution in [2.24, 2.45) is 12.9 Å². The minimum Gasteiger partial charge on any atom is -0.271 e. The third kappa shape index (κ3) is 1.95. The molecular weight excluding hydrogens is 257 g/mol. The van der Waals surface area contributed by atoms with Gasteiger partial charge >= 0.3 is 0 Å². The van der Waals surface area contributed by atoms with E-state index in [4.69, 9.17) is 5.84 Å². The molecule has 102 valence electrons. The van der Waals surface area contributed by atoms with Crippen LogP contribution in [0, 0.1) is 5.82 Å². The normalized spacial score (nSPS) is 12.8. The first-order valence-corrected chi connectivity index (χ1v) is 6.19. The van der Waals surface area contributed by atoms with Crippen LogP contribution in [0.25, 0.3) is 10.9 Å². The summed E-state index contributed by atoms with van der Waals surface area (Å²) in [5.74, 6) is 5.21. The van der Waals surface area contributed by atoms with Crippen molar-refractivity contribution in [1.29, 1.82) is 0 Å². The van der Waals surface area contributed by atoms with E-state index in [2.05, 4.69) is 15.5 Å². The molecule has 3 aromatic rings. The number of nitrogens with zero attached hydrogens (tertiary/aromatic N) is 3. The number of fused-ring (bicyclic) bond motifs is 1. The SMILES string of the molecule is Cn1nc(C(NN)c2ccncc2F)c2ccccc21. The maximum Gasteiger partial charge on any atom is 0.146 e. The number of nitrogens with one attached hydrogen (secondary N) is 1. The number of pyridine rings is 1. The molecule has 0 saturated carbocycles. The van der Waals surface area contributed by atoms with Crippen LogP contribution >= 0.6 is 0 Å². The van der Waals surface area contributed by atoms with E-state index in [-0.39, 0.29) is 0 Å². The van der Waals surface area contributed by atoms with Crippen LogP contribution in [0.3, 0.4) is 0 Å². The lowest BCUT2D eigenvalue weighted by Crippen LogP contribution is -2.30. The fraction of sp³-hybridized carbons (Fsp3) is 0.143. The van der Waals surface area contributed by atoms with Crippen LogP contribution in [0.4, 0.5) is 4.39 Å². The van der Waals surface area contributed by atoms with Crippen molar-refractivity contribution in [3.05, 3.63) is 59.8 Å². The van der Waals surface area contributed by atoms with E-state index >= 15 is 0 Å². The largest absolute Gasteiger partial charge is 0.271 e. The third-order valence-electron chi connectivity index (χ3n) is 3.34. The molecule has 20 heavy (non-hydrogen) atoms. The monoisotopic (exact) mass is 271 g/mol. The Morgan fingerprint density at radius 1 is 1.30 bits per heavy atom. The van der Waals surface area contributed by atoms with Crippen molar-refractivity contribution < 1.29 is 4.39 Å². The zero-order valence-electron chi connectivity index (χ0n) is 10.9. The standard InChI is InChI=1S/C14H14FN5/c1-20-12-5-3-2-4-10(12)14(19-20)13(18-16)9-6-7-17-8-11(9)15/h2-8,13,18H,16H2,1H3. The fourth-order valence-electron chi connectivity index (χ4n) is 2.39. The summed E-state index contributed by atoms with van der Waals surface area (Å²) in [6.45, 7) is 0. The topological polar surface area (TPSA) is 68.8 Å². The number of aryl methyl sites for hydroxylation is 1. The predicted molar refractivity (Wildman–Crippen MR) is 74.1 cm³/mol. The van der Waals surface area contributed by atoms with E-state index in [0.29, 0.717) is 11.3 Å². The fourth-order valence-corrected chi connectivity index (χ4v) is 2.39. The highest BCUT2D eigenvalue weighted by Crippen LogP contribution is 2.28. The van der Waals surface area contributed by atoms with Gasteiger partial charge in [-0.2, -0.15) is 5.10 Å². The average Bonchev–Trinajstić information content (AvgIpc) is 2.80. The average molecular weight is 271 g/mol. The molecule has 2 aromatic heterocycles. The summed E-state index contributed by atoms with van der Waals surface area (Å²) >= 11 is 0. The van der Waals surface area contributed by atoms with Gasteiger partial charge in [-0.1, -0.05) is 18.2 Å². The van der Waals surface area contributed by atoms with Crippen molar-refractivity contribution in [3.8, 4) is 0 Å². The van der Waals surface area contributed by atoms with Gasteiger partial charge in [-0.05, 0) is 12.1 Å². The van der Waals surface area contributed by atoms with Gasteiger partial charge in [0.1, 0.15) is 5.82 Å². The van der Waals surface area contributed by atoms with E-state index in [0.717, 1.165) is 10.9 Å². The third-order valence-corrected chi connectivity index (χ3v) is 3.34. The highest BCUT2D eigenvalue weighted by molar-refractivity contribution is 5.82. The Morgan fingerprint density at radius 2 is 2.10 bits per heavy atom. The first-order chi connectivity index (χ1) is 9.72. The lowest BCUT2D eigenvalue weighted by atomic mass is 10.0. The molecule has 0 radical (unpaired) electrons. The molecule has 0 aliphatic rings. The Morgan fingerprint density at radius 3 is 2.85 bits per heavy atom. The van der Waals surface area contributed by atoms with Crippen LogP contribution in [0.1, 0.15) is 17.3 Å². The molecule has 1 aromatic carbocycles. The highest BCUT2D eigenvalue weighted by atomic mass is 19.1. The van der Waals surface area contributed by atoms with Crippen LogP contribution in [0.5, 0.6) is 0 Å². The summed E-state index contributed by atoms with van der Waals surface area (Å²) in [6.07, 6.45) is 2.71. The molecule has 0 saturated heterocycles. The van der Waals surface area contributed by atoms with E-state index in [9.17, 15) is 4.39 Å². The summed E-state index contributed by atoms with van der Waals surface area (Å²) < 4.78 is 15.7. The van der Waals surface area contributed by atoms with Crippen LogP contribution in [0.15, 0.2) is 42.7 Å². The van der Waals surface area contributed by atoms with Crippen molar-refractivity contribution in [1.82, 2.24) is 20.2 Å². The molecule has 6 heteroatoms. The summed E-state index contributed by atoms with van der Waals surface area (Å²) in [4.78, 5) is 3.75. The van der Waals surface area contributed by atoms with Crippen LogP contribution in [0.2, 0.25) is 0 Å². The Labute approximate surface area is 115 Å². The van der Waals surface area contributed by atoms with Crippen molar-refractivity contribution >= 4 is 10.9 Å². The quantitative estimate of drug-likeness (QED) is 0.561. The second-order valence-corrected chi connectivity index (χ2v) is 4.52. The summed E-state index contributed by atoms with van der Waals surface area (Å²) in [5, 5.41) is 5.40. The summed E-state index contributed by atoms with van der Waals surface area (Å²) in [7, 11) is 1.85. The molecule has 0 fully saturated rings. The molecule has 3 rings (SSSR count). The molecule has 1 unspecified atom stereocenters.